The van der Waals surface area contributed by atoms with Gasteiger partial charge < -0.3 is 5.32 Å². The lowest BCUT2D eigenvalue weighted by atomic mass is 10.1. The van der Waals surface area contributed by atoms with Gasteiger partial charge in [0.1, 0.15) is 10.7 Å². The summed E-state index contributed by atoms with van der Waals surface area (Å²) in [7, 11) is -4.26. The van der Waals surface area contributed by atoms with Crippen LogP contribution in [0.15, 0.2) is 17.0 Å². The van der Waals surface area contributed by atoms with Crippen molar-refractivity contribution in [2.45, 2.75) is 37.1 Å². The van der Waals surface area contributed by atoms with Gasteiger partial charge in [-0.3, -0.25) is 4.79 Å². The molecule has 1 aliphatic rings. The van der Waals surface area contributed by atoms with E-state index in [1.54, 1.807) is 0 Å². The fraction of sp³-hybridized carbons (Fsp3) is 0.462. The average Bonchev–Trinajstić information content (AvgIpc) is 2.72. The third-order valence-corrected chi connectivity index (χ3v) is 4.84. The topological polar surface area (TPSA) is 89.3 Å². The van der Waals surface area contributed by atoms with Crippen molar-refractivity contribution in [2.24, 2.45) is 11.1 Å². The molecule has 1 saturated carbocycles. The second-order valence-electron chi connectivity index (χ2n) is 5.40. The van der Waals surface area contributed by atoms with Gasteiger partial charge in [-0.05, 0) is 37.3 Å². The standard InChI is InChI=1S/C13H16ClFN2O3S/c1-7-2-3-8(4-7)17-13(18)9-5-12(21(16,19)20)11(15)6-10(9)14/h5-8H,2-4H2,1H3,(H,17,18)(H2,16,19,20). The summed E-state index contributed by atoms with van der Waals surface area (Å²) in [6.45, 7) is 2.09. The number of sulfonamides is 1. The first kappa shape index (κ1) is 16.2. The van der Waals surface area contributed by atoms with E-state index in [9.17, 15) is 17.6 Å². The summed E-state index contributed by atoms with van der Waals surface area (Å²) < 4.78 is 36.2. The van der Waals surface area contributed by atoms with Gasteiger partial charge in [0.25, 0.3) is 5.91 Å². The molecule has 2 unspecified atom stereocenters. The molecule has 1 amide bonds. The Hall–Kier alpha value is -1.18. The number of nitrogens with one attached hydrogen (secondary N) is 1. The van der Waals surface area contributed by atoms with Gasteiger partial charge in [0, 0.05) is 6.04 Å². The summed E-state index contributed by atoms with van der Waals surface area (Å²) in [5.74, 6) is -1.07. The average molecular weight is 335 g/mol. The van der Waals surface area contributed by atoms with E-state index in [-0.39, 0.29) is 16.6 Å². The molecule has 116 valence electrons. The van der Waals surface area contributed by atoms with E-state index in [1.165, 1.54) is 0 Å². The lowest BCUT2D eigenvalue weighted by molar-refractivity contribution is 0.0937. The second-order valence-corrected chi connectivity index (χ2v) is 7.33. The highest BCUT2D eigenvalue weighted by molar-refractivity contribution is 7.89. The third-order valence-electron chi connectivity index (χ3n) is 3.60. The quantitative estimate of drug-likeness (QED) is 0.886. The van der Waals surface area contributed by atoms with Crippen LogP contribution in [0, 0.1) is 11.7 Å². The van der Waals surface area contributed by atoms with Crippen LogP contribution < -0.4 is 10.5 Å². The summed E-state index contributed by atoms with van der Waals surface area (Å²) in [5.41, 5.74) is -0.0957. The van der Waals surface area contributed by atoms with Crippen LogP contribution in [0.2, 0.25) is 5.02 Å². The number of rotatable bonds is 3. The monoisotopic (exact) mass is 334 g/mol. The fourth-order valence-electron chi connectivity index (χ4n) is 2.52. The maximum Gasteiger partial charge on any atom is 0.253 e. The van der Waals surface area contributed by atoms with E-state index in [0.717, 1.165) is 31.4 Å². The van der Waals surface area contributed by atoms with Crippen LogP contribution >= 0.6 is 11.6 Å². The van der Waals surface area contributed by atoms with Crippen LogP contribution in [-0.4, -0.2) is 20.4 Å². The Labute approximate surface area is 127 Å². The number of halogens is 2. The Balaban J connectivity index is 2.29. The van der Waals surface area contributed by atoms with Crippen LogP contribution in [0.5, 0.6) is 0 Å². The molecule has 0 spiro atoms. The zero-order valence-corrected chi connectivity index (χ0v) is 13.0. The first-order valence-electron chi connectivity index (χ1n) is 6.51. The van der Waals surface area contributed by atoms with Crippen LogP contribution in [0.3, 0.4) is 0 Å². The zero-order valence-electron chi connectivity index (χ0n) is 11.4. The molecule has 1 aromatic carbocycles. The number of hydrogen-bond acceptors (Lipinski definition) is 3. The van der Waals surface area contributed by atoms with E-state index < -0.39 is 26.6 Å². The molecule has 0 heterocycles. The number of primary sulfonamides is 1. The van der Waals surface area contributed by atoms with Gasteiger partial charge in [-0.15, -0.1) is 0 Å². The lowest BCUT2D eigenvalue weighted by Crippen LogP contribution is -2.33. The van der Waals surface area contributed by atoms with Gasteiger partial charge >= 0.3 is 0 Å². The zero-order chi connectivity index (χ0) is 15.8. The summed E-state index contributed by atoms with van der Waals surface area (Å²) in [5, 5.41) is 7.55. The SMILES string of the molecule is CC1CCC(NC(=O)c2cc(S(N)(=O)=O)c(F)cc2Cl)C1. The maximum absolute atomic E-state index is 13.6. The van der Waals surface area contributed by atoms with Crippen molar-refractivity contribution in [3.63, 3.8) is 0 Å². The molecule has 3 N–H and O–H groups in total. The molecule has 2 rings (SSSR count). The largest absolute Gasteiger partial charge is 0.349 e. The summed E-state index contributed by atoms with van der Waals surface area (Å²) in [6.07, 6.45) is 2.73. The van der Waals surface area contributed by atoms with Gasteiger partial charge in [0.15, 0.2) is 0 Å². The van der Waals surface area contributed by atoms with E-state index in [2.05, 4.69) is 12.2 Å². The molecule has 1 aliphatic carbocycles. The first-order valence-corrected chi connectivity index (χ1v) is 8.43. The molecule has 1 aromatic rings. The van der Waals surface area contributed by atoms with Gasteiger partial charge in [-0.2, -0.15) is 0 Å². The number of amides is 1. The molecule has 2 atom stereocenters. The molecule has 21 heavy (non-hydrogen) atoms. The number of benzene rings is 1. The van der Waals surface area contributed by atoms with E-state index >= 15 is 0 Å². The molecule has 1 fully saturated rings. The summed E-state index contributed by atoms with van der Waals surface area (Å²) in [6, 6.07) is 1.68. The second kappa shape index (κ2) is 5.90. The highest BCUT2D eigenvalue weighted by Gasteiger charge is 2.25. The predicted molar refractivity (Wildman–Crippen MR) is 77.1 cm³/mol. The Bertz CT molecular complexity index is 678. The lowest BCUT2D eigenvalue weighted by Gasteiger charge is -2.14. The molecule has 0 aliphatic heterocycles. The van der Waals surface area contributed by atoms with Crippen molar-refractivity contribution >= 4 is 27.5 Å². The minimum Gasteiger partial charge on any atom is -0.349 e. The van der Waals surface area contributed by atoms with Crippen LogP contribution in [0.25, 0.3) is 0 Å². The third kappa shape index (κ3) is 3.72. The molecule has 8 heteroatoms. The molecular weight excluding hydrogens is 319 g/mol. The number of carbonyl (C=O) groups excluding carboxylic acids is 1. The van der Waals surface area contributed by atoms with Crippen molar-refractivity contribution in [3.05, 3.63) is 28.5 Å². The van der Waals surface area contributed by atoms with Gasteiger partial charge in [0.2, 0.25) is 10.0 Å². The van der Waals surface area contributed by atoms with E-state index in [0.29, 0.717) is 5.92 Å². The van der Waals surface area contributed by atoms with Crippen molar-refractivity contribution < 1.29 is 17.6 Å². The van der Waals surface area contributed by atoms with Crippen molar-refractivity contribution in [3.8, 4) is 0 Å². The van der Waals surface area contributed by atoms with E-state index in [4.69, 9.17) is 16.7 Å². The minimum absolute atomic E-state index is 0.0200. The summed E-state index contributed by atoms with van der Waals surface area (Å²) in [4.78, 5) is 11.4. The van der Waals surface area contributed by atoms with Crippen molar-refractivity contribution in [2.75, 3.05) is 0 Å². The Kier molecular flexibility index (Phi) is 4.55. The highest BCUT2D eigenvalue weighted by Crippen LogP contribution is 2.27. The van der Waals surface area contributed by atoms with Crippen molar-refractivity contribution in [1.29, 1.82) is 0 Å². The van der Waals surface area contributed by atoms with E-state index in [1.807, 2.05) is 0 Å². The van der Waals surface area contributed by atoms with Gasteiger partial charge in [-0.1, -0.05) is 18.5 Å². The number of nitrogens with two attached hydrogens (primary N) is 1. The van der Waals surface area contributed by atoms with Gasteiger partial charge in [-0.25, -0.2) is 17.9 Å². The normalized spacial score (nSPS) is 22.3. The molecule has 0 bridgehead atoms. The summed E-state index contributed by atoms with van der Waals surface area (Å²) >= 11 is 5.82. The Morgan fingerprint density at radius 2 is 2.10 bits per heavy atom. The Morgan fingerprint density at radius 3 is 2.62 bits per heavy atom. The minimum atomic E-state index is -4.26. The van der Waals surface area contributed by atoms with Gasteiger partial charge in [0.05, 0.1) is 10.6 Å². The number of hydrogen-bond donors (Lipinski definition) is 2. The van der Waals surface area contributed by atoms with Crippen LogP contribution in [0.4, 0.5) is 4.39 Å². The Morgan fingerprint density at radius 1 is 1.43 bits per heavy atom. The molecule has 0 radical (unpaired) electrons. The fourth-order valence-corrected chi connectivity index (χ4v) is 3.37. The molecule has 0 aromatic heterocycles. The molecular formula is C13H16ClFN2O3S. The highest BCUT2D eigenvalue weighted by atomic mass is 35.5. The first-order chi connectivity index (χ1) is 9.68. The molecule has 5 nitrogen and oxygen atoms in total. The smallest absolute Gasteiger partial charge is 0.253 e. The molecule has 0 saturated heterocycles. The number of carbonyl (C=O) groups is 1. The maximum atomic E-state index is 13.6. The van der Waals surface area contributed by atoms with Crippen LogP contribution in [-0.2, 0) is 10.0 Å². The van der Waals surface area contributed by atoms with Crippen LogP contribution in [0.1, 0.15) is 36.5 Å². The van der Waals surface area contributed by atoms with Crippen molar-refractivity contribution in [1.82, 2.24) is 5.32 Å². The predicted octanol–water partition coefficient (Wildman–Crippen LogP) is 2.04.